The fourth-order valence-corrected chi connectivity index (χ4v) is 2.63. The highest BCUT2D eigenvalue weighted by Crippen LogP contribution is 2.30. The topological polar surface area (TPSA) is 29.1 Å². The van der Waals surface area contributed by atoms with E-state index < -0.39 is 0 Å². The molecule has 0 spiro atoms. The molecule has 2 rings (SSSR count). The second-order valence-electron chi connectivity index (χ2n) is 3.08. The monoisotopic (exact) mass is 181 g/mol. The minimum Gasteiger partial charge on any atom is -0.319 e. The lowest BCUT2D eigenvalue weighted by atomic mass is 10.1. The highest BCUT2D eigenvalue weighted by molar-refractivity contribution is 7.10. The van der Waals surface area contributed by atoms with E-state index in [1.807, 2.05) is 18.5 Å². The highest BCUT2D eigenvalue weighted by Gasteiger charge is 2.30. The number of fused-ring (bicyclic) bond motifs is 1. The van der Waals surface area contributed by atoms with Crippen LogP contribution < -0.4 is 5.32 Å². The molecule has 1 aliphatic carbocycles. The summed E-state index contributed by atoms with van der Waals surface area (Å²) in [5.74, 6) is 0.512. The van der Waals surface area contributed by atoms with E-state index in [-0.39, 0.29) is 5.92 Å². The summed E-state index contributed by atoms with van der Waals surface area (Å²) in [6, 6.07) is 1.94. The first-order valence-electron chi connectivity index (χ1n) is 4.08. The Hall–Kier alpha value is -0.670. The smallest absolute Gasteiger partial charge is 0.168 e. The number of nitrogens with one attached hydrogen (secondary N) is 1. The Morgan fingerprint density at radius 2 is 2.58 bits per heavy atom. The maximum Gasteiger partial charge on any atom is 0.168 e. The third-order valence-electron chi connectivity index (χ3n) is 2.26. The van der Waals surface area contributed by atoms with Crippen molar-refractivity contribution in [3.05, 3.63) is 21.9 Å². The van der Waals surface area contributed by atoms with Gasteiger partial charge in [0, 0.05) is 22.9 Å². The maximum atomic E-state index is 11.6. The Morgan fingerprint density at radius 3 is 3.25 bits per heavy atom. The first kappa shape index (κ1) is 7.95. The van der Waals surface area contributed by atoms with Crippen LogP contribution in [-0.2, 0) is 6.42 Å². The van der Waals surface area contributed by atoms with Crippen LogP contribution in [0.25, 0.3) is 0 Å². The number of hydrogen-bond donors (Lipinski definition) is 1. The van der Waals surface area contributed by atoms with Gasteiger partial charge in [0.2, 0.25) is 0 Å². The molecule has 64 valence electrons. The van der Waals surface area contributed by atoms with Crippen molar-refractivity contribution in [3.8, 4) is 0 Å². The molecule has 0 aromatic carbocycles. The summed E-state index contributed by atoms with van der Waals surface area (Å²) in [4.78, 5) is 12.9. The average Bonchev–Trinajstić information content (AvgIpc) is 2.58. The largest absolute Gasteiger partial charge is 0.319 e. The van der Waals surface area contributed by atoms with Gasteiger partial charge in [-0.1, -0.05) is 0 Å². The van der Waals surface area contributed by atoms with Crippen molar-refractivity contribution in [2.75, 3.05) is 13.6 Å². The number of Topliss-reactive ketones (excluding diaryl/α,β-unsaturated/α-hetero) is 1. The van der Waals surface area contributed by atoms with Crippen LogP contribution in [0.15, 0.2) is 11.4 Å². The molecule has 1 aromatic rings. The van der Waals surface area contributed by atoms with Gasteiger partial charge in [-0.2, -0.15) is 0 Å². The van der Waals surface area contributed by atoms with Crippen molar-refractivity contribution in [2.24, 2.45) is 5.92 Å². The summed E-state index contributed by atoms with van der Waals surface area (Å²) in [5, 5.41) is 5.05. The van der Waals surface area contributed by atoms with E-state index in [1.165, 1.54) is 4.88 Å². The zero-order valence-corrected chi connectivity index (χ0v) is 7.78. The minimum absolute atomic E-state index is 0.192. The van der Waals surface area contributed by atoms with E-state index in [4.69, 9.17) is 0 Å². The second kappa shape index (κ2) is 2.99. The summed E-state index contributed by atoms with van der Waals surface area (Å²) in [5.41, 5.74) is 0.959. The van der Waals surface area contributed by atoms with Crippen molar-refractivity contribution in [2.45, 2.75) is 6.42 Å². The molecule has 1 unspecified atom stereocenters. The molecule has 1 atom stereocenters. The predicted molar refractivity (Wildman–Crippen MR) is 49.8 cm³/mol. The van der Waals surface area contributed by atoms with E-state index in [2.05, 4.69) is 5.32 Å². The van der Waals surface area contributed by atoms with Gasteiger partial charge in [0.15, 0.2) is 5.78 Å². The van der Waals surface area contributed by atoms with Gasteiger partial charge in [0.1, 0.15) is 0 Å². The van der Waals surface area contributed by atoms with Crippen LogP contribution in [0.3, 0.4) is 0 Å². The Balaban J connectivity index is 2.21. The Labute approximate surface area is 75.6 Å². The molecule has 0 amide bonds. The number of ketones is 1. The molecule has 0 saturated carbocycles. The SMILES string of the molecule is CNCC1Cc2sccc2C1=O. The molecule has 3 heteroatoms. The lowest BCUT2D eigenvalue weighted by Crippen LogP contribution is -2.23. The van der Waals surface area contributed by atoms with Gasteiger partial charge in [-0.25, -0.2) is 0 Å². The Kier molecular flexibility index (Phi) is 1.98. The lowest BCUT2D eigenvalue weighted by Gasteiger charge is -2.05. The molecule has 0 fully saturated rings. The van der Waals surface area contributed by atoms with Crippen molar-refractivity contribution in [1.29, 1.82) is 0 Å². The number of carbonyl (C=O) groups excluding carboxylic acids is 1. The van der Waals surface area contributed by atoms with E-state index in [1.54, 1.807) is 11.3 Å². The first-order chi connectivity index (χ1) is 5.83. The van der Waals surface area contributed by atoms with Crippen LogP contribution in [-0.4, -0.2) is 19.4 Å². The molecule has 1 N–H and O–H groups in total. The maximum absolute atomic E-state index is 11.6. The average molecular weight is 181 g/mol. The zero-order chi connectivity index (χ0) is 8.55. The standard InChI is InChI=1S/C9H11NOS/c1-10-5-6-4-8-7(9(6)11)2-3-12-8/h2-3,6,10H,4-5H2,1H3. The number of rotatable bonds is 2. The molecule has 1 heterocycles. The van der Waals surface area contributed by atoms with Gasteiger partial charge >= 0.3 is 0 Å². The molecule has 0 radical (unpaired) electrons. The van der Waals surface area contributed by atoms with E-state index >= 15 is 0 Å². The molecule has 1 aliphatic rings. The van der Waals surface area contributed by atoms with Gasteiger partial charge in [-0.3, -0.25) is 4.79 Å². The minimum atomic E-state index is 0.192. The van der Waals surface area contributed by atoms with E-state index in [0.29, 0.717) is 5.78 Å². The summed E-state index contributed by atoms with van der Waals surface area (Å²) >= 11 is 1.70. The summed E-state index contributed by atoms with van der Waals surface area (Å²) in [7, 11) is 1.89. The third-order valence-corrected chi connectivity index (χ3v) is 3.21. The number of hydrogen-bond acceptors (Lipinski definition) is 3. The van der Waals surface area contributed by atoms with Crippen LogP contribution in [0.2, 0.25) is 0 Å². The van der Waals surface area contributed by atoms with Gasteiger partial charge in [-0.05, 0) is 24.9 Å². The normalized spacial score (nSPS) is 21.4. The molecule has 1 aromatic heterocycles. The van der Waals surface area contributed by atoms with Crippen molar-refractivity contribution >= 4 is 17.1 Å². The van der Waals surface area contributed by atoms with Gasteiger partial charge in [0.05, 0.1) is 0 Å². The second-order valence-corrected chi connectivity index (χ2v) is 4.08. The summed E-state index contributed by atoms with van der Waals surface area (Å²) in [6.07, 6.45) is 0.937. The molecule has 0 bridgehead atoms. The Morgan fingerprint density at radius 1 is 1.75 bits per heavy atom. The highest BCUT2D eigenvalue weighted by atomic mass is 32.1. The van der Waals surface area contributed by atoms with Crippen LogP contribution in [0.1, 0.15) is 15.2 Å². The van der Waals surface area contributed by atoms with Gasteiger partial charge in [0.25, 0.3) is 0 Å². The Bertz CT molecular complexity index is 305. The van der Waals surface area contributed by atoms with Crippen molar-refractivity contribution < 1.29 is 4.79 Å². The fraction of sp³-hybridized carbons (Fsp3) is 0.444. The van der Waals surface area contributed by atoms with Crippen LogP contribution >= 0.6 is 11.3 Å². The molecule has 0 aliphatic heterocycles. The number of carbonyl (C=O) groups is 1. The molecular weight excluding hydrogens is 170 g/mol. The third kappa shape index (κ3) is 1.09. The van der Waals surface area contributed by atoms with Crippen LogP contribution in [0, 0.1) is 5.92 Å². The van der Waals surface area contributed by atoms with Crippen LogP contribution in [0.5, 0.6) is 0 Å². The van der Waals surface area contributed by atoms with Crippen molar-refractivity contribution in [3.63, 3.8) is 0 Å². The molecule has 2 nitrogen and oxygen atoms in total. The summed E-state index contributed by atoms with van der Waals surface area (Å²) in [6.45, 7) is 0.806. The van der Waals surface area contributed by atoms with Crippen molar-refractivity contribution in [1.82, 2.24) is 5.32 Å². The summed E-state index contributed by atoms with van der Waals surface area (Å²) < 4.78 is 0. The van der Waals surface area contributed by atoms with Gasteiger partial charge in [-0.15, -0.1) is 11.3 Å². The van der Waals surface area contributed by atoms with Gasteiger partial charge < -0.3 is 5.32 Å². The fourth-order valence-electron chi connectivity index (χ4n) is 1.67. The predicted octanol–water partition coefficient (Wildman–Crippen LogP) is 1.32. The van der Waals surface area contributed by atoms with Crippen LogP contribution in [0.4, 0.5) is 0 Å². The lowest BCUT2D eigenvalue weighted by molar-refractivity contribution is 0.0937. The molecular formula is C9H11NOS. The molecule has 12 heavy (non-hydrogen) atoms. The quantitative estimate of drug-likeness (QED) is 0.745. The van der Waals surface area contributed by atoms with E-state index in [0.717, 1.165) is 18.5 Å². The number of thiophene rings is 1. The first-order valence-corrected chi connectivity index (χ1v) is 4.96. The zero-order valence-electron chi connectivity index (χ0n) is 6.96. The van der Waals surface area contributed by atoms with E-state index in [9.17, 15) is 4.79 Å². The molecule has 0 saturated heterocycles.